The highest BCUT2D eigenvalue weighted by atomic mass is 16.5. The standard InChI is InChI=1S/C20H21N5O3/c1-13-9-15(27-4)5-6-16(13)17-11-23(2)20(26)25-10-14(22-19(17)25)12-28-18-7-8-21-24(18)3/h5-11H,12H2,1-4H3. The molecule has 0 radical (unpaired) electrons. The van der Waals surface area contributed by atoms with Crippen molar-refractivity contribution in [2.45, 2.75) is 13.5 Å². The molecule has 8 heteroatoms. The van der Waals surface area contributed by atoms with Crippen molar-refractivity contribution in [3.05, 3.63) is 64.6 Å². The van der Waals surface area contributed by atoms with E-state index in [1.54, 1.807) is 53.3 Å². The van der Waals surface area contributed by atoms with Gasteiger partial charge in [0.15, 0.2) is 5.65 Å². The first kappa shape index (κ1) is 17.8. The first-order valence-corrected chi connectivity index (χ1v) is 8.81. The maximum Gasteiger partial charge on any atom is 0.333 e. The fraction of sp³-hybridized carbons (Fsp3) is 0.250. The third kappa shape index (κ3) is 3.02. The molecular formula is C20H21N5O3. The highest BCUT2D eigenvalue weighted by molar-refractivity contribution is 5.79. The number of aryl methyl sites for hydroxylation is 3. The fourth-order valence-corrected chi connectivity index (χ4v) is 3.22. The molecule has 0 aliphatic rings. The van der Waals surface area contributed by atoms with Gasteiger partial charge in [-0.05, 0) is 30.2 Å². The normalized spacial score (nSPS) is 11.1. The van der Waals surface area contributed by atoms with Gasteiger partial charge in [0.25, 0.3) is 0 Å². The van der Waals surface area contributed by atoms with Gasteiger partial charge in [0.05, 0.1) is 19.0 Å². The number of aromatic nitrogens is 5. The Balaban J connectivity index is 1.79. The zero-order valence-electron chi connectivity index (χ0n) is 16.2. The second-order valence-electron chi connectivity index (χ2n) is 6.62. The van der Waals surface area contributed by atoms with E-state index in [0.717, 1.165) is 22.4 Å². The van der Waals surface area contributed by atoms with Crippen LogP contribution in [0.4, 0.5) is 0 Å². The zero-order chi connectivity index (χ0) is 19.8. The minimum absolute atomic E-state index is 0.163. The summed E-state index contributed by atoms with van der Waals surface area (Å²) in [6.45, 7) is 2.25. The van der Waals surface area contributed by atoms with Gasteiger partial charge < -0.3 is 14.0 Å². The van der Waals surface area contributed by atoms with Gasteiger partial charge in [0, 0.05) is 38.1 Å². The average molecular weight is 379 g/mol. The lowest BCUT2D eigenvalue weighted by Crippen LogP contribution is -2.23. The molecule has 0 atom stereocenters. The largest absolute Gasteiger partial charge is 0.497 e. The van der Waals surface area contributed by atoms with Crippen LogP contribution >= 0.6 is 0 Å². The Morgan fingerprint density at radius 2 is 1.93 bits per heavy atom. The molecule has 0 saturated heterocycles. The minimum atomic E-state index is -0.163. The molecule has 144 valence electrons. The molecule has 0 aliphatic heterocycles. The van der Waals surface area contributed by atoms with Crippen molar-refractivity contribution >= 4 is 5.65 Å². The molecule has 0 N–H and O–H groups in total. The lowest BCUT2D eigenvalue weighted by atomic mass is 10.0. The Labute approximate surface area is 161 Å². The summed E-state index contributed by atoms with van der Waals surface area (Å²) >= 11 is 0. The molecule has 0 aliphatic carbocycles. The monoisotopic (exact) mass is 379 g/mol. The summed E-state index contributed by atoms with van der Waals surface area (Å²) in [7, 11) is 5.18. The van der Waals surface area contributed by atoms with Crippen LogP contribution < -0.4 is 15.2 Å². The quantitative estimate of drug-likeness (QED) is 0.532. The van der Waals surface area contributed by atoms with Crippen LogP contribution in [0, 0.1) is 6.92 Å². The molecule has 8 nitrogen and oxygen atoms in total. The van der Waals surface area contributed by atoms with Crippen LogP contribution in [0.15, 0.2) is 47.7 Å². The summed E-state index contributed by atoms with van der Waals surface area (Å²) < 4.78 is 15.8. The van der Waals surface area contributed by atoms with Crippen LogP contribution in [0.2, 0.25) is 0 Å². The average Bonchev–Trinajstić information content (AvgIpc) is 3.29. The Morgan fingerprint density at radius 3 is 2.61 bits per heavy atom. The highest BCUT2D eigenvalue weighted by Gasteiger charge is 2.15. The second kappa shape index (κ2) is 6.88. The number of hydrogen-bond acceptors (Lipinski definition) is 5. The Morgan fingerprint density at radius 1 is 1.11 bits per heavy atom. The number of ether oxygens (including phenoxy) is 2. The number of fused-ring (bicyclic) bond motifs is 1. The van der Waals surface area contributed by atoms with Gasteiger partial charge in [-0.15, -0.1) is 0 Å². The van der Waals surface area contributed by atoms with Crippen LogP contribution in [0.3, 0.4) is 0 Å². The third-order valence-electron chi connectivity index (χ3n) is 4.69. The predicted molar refractivity (Wildman–Crippen MR) is 105 cm³/mol. The van der Waals surface area contributed by atoms with Gasteiger partial charge in [0.1, 0.15) is 12.4 Å². The van der Waals surface area contributed by atoms with Gasteiger partial charge in [-0.1, -0.05) is 6.07 Å². The Hall–Kier alpha value is -3.55. The number of methoxy groups -OCH3 is 1. The summed E-state index contributed by atoms with van der Waals surface area (Å²) in [5, 5.41) is 4.08. The number of imidazole rings is 1. The summed E-state index contributed by atoms with van der Waals surface area (Å²) in [4.78, 5) is 17.3. The van der Waals surface area contributed by atoms with E-state index in [4.69, 9.17) is 9.47 Å². The van der Waals surface area contributed by atoms with Gasteiger partial charge in [-0.3, -0.25) is 4.40 Å². The first-order chi connectivity index (χ1) is 13.5. The Bertz CT molecular complexity index is 1220. The molecule has 1 aromatic carbocycles. The lowest BCUT2D eigenvalue weighted by molar-refractivity contribution is 0.275. The summed E-state index contributed by atoms with van der Waals surface area (Å²) in [6, 6.07) is 7.63. The van der Waals surface area contributed by atoms with Crippen LogP contribution in [-0.2, 0) is 20.7 Å². The van der Waals surface area contributed by atoms with E-state index in [-0.39, 0.29) is 12.3 Å². The summed E-state index contributed by atoms with van der Waals surface area (Å²) in [5.74, 6) is 1.42. The smallest absolute Gasteiger partial charge is 0.333 e. The Kier molecular flexibility index (Phi) is 4.38. The van der Waals surface area contributed by atoms with Gasteiger partial charge >= 0.3 is 5.69 Å². The first-order valence-electron chi connectivity index (χ1n) is 8.81. The molecule has 3 heterocycles. The SMILES string of the molecule is COc1ccc(-c2cn(C)c(=O)n3cc(COc4ccnn4C)nc23)c(C)c1. The van der Waals surface area contributed by atoms with E-state index in [2.05, 4.69) is 10.1 Å². The van der Waals surface area contributed by atoms with Crippen molar-refractivity contribution in [1.29, 1.82) is 0 Å². The maximum atomic E-state index is 12.6. The third-order valence-corrected chi connectivity index (χ3v) is 4.69. The molecule has 0 fully saturated rings. The van der Waals surface area contributed by atoms with Crippen molar-refractivity contribution in [2.24, 2.45) is 14.1 Å². The fourth-order valence-electron chi connectivity index (χ4n) is 3.22. The summed E-state index contributed by atoms with van der Waals surface area (Å²) in [6.07, 6.45) is 5.20. The van der Waals surface area contributed by atoms with Crippen molar-refractivity contribution in [1.82, 2.24) is 23.7 Å². The van der Waals surface area contributed by atoms with E-state index >= 15 is 0 Å². The molecule has 0 spiro atoms. The van der Waals surface area contributed by atoms with E-state index in [1.165, 1.54) is 0 Å². The van der Waals surface area contributed by atoms with E-state index in [1.807, 2.05) is 31.3 Å². The number of nitrogens with zero attached hydrogens (tertiary/aromatic N) is 5. The maximum absolute atomic E-state index is 12.6. The topological polar surface area (TPSA) is 75.6 Å². The van der Waals surface area contributed by atoms with Gasteiger partial charge in [0.2, 0.25) is 5.88 Å². The van der Waals surface area contributed by atoms with Crippen molar-refractivity contribution < 1.29 is 9.47 Å². The van der Waals surface area contributed by atoms with Crippen molar-refractivity contribution in [3.63, 3.8) is 0 Å². The van der Waals surface area contributed by atoms with E-state index in [0.29, 0.717) is 17.2 Å². The van der Waals surface area contributed by atoms with E-state index < -0.39 is 0 Å². The summed E-state index contributed by atoms with van der Waals surface area (Å²) in [5.41, 5.74) is 4.00. The second-order valence-corrected chi connectivity index (χ2v) is 6.62. The highest BCUT2D eigenvalue weighted by Crippen LogP contribution is 2.29. The van der Waals surface area contributed by atoms with Crippen molar-refractivity contribution in [3.8, 4) is 22.8 Å². The van der Waals surface area contributed by atoms with Crippen LogP contribution in [0.25, 0.3) is 16.8 Å². The lowest BCUT2D eigenvalue weighted by Gasteiger charge is -2.11. The number of benzene rings is 1. The molecule has 0 unspecified atom stereocenters. The van der Waals surface area contributed by atoms with Crippen molar-refractivity contribution in [2.75, 3.05) is 7.11 Å². The molecule has 0 saturated carbocycles. The van der Waals surface area contributed by atoms with Gasteiger partial charge in [-0.2, -0.15) is 5.10 Å². The van der Waals surface area contributed by atoms with Crippen LogP contribution in [0.1, 0.15) is 11.3 Å². The molecular weight excluding hydrogens is 358 g/mol. The van der Waals surface area contributed by atoms with Crippen LogP contribution in [0.5, 0.6) is 11.6 Å². The van der Waals surface area contributed by atoms with Gasteiger partial charge in [-0.25, -0.2) is 14.5 Å². The van der Waals surface area contributed by atoms with Crippen LogP contribution in [-0.4, -0.2) is 30.8 Å². The molecule has 4 rings (SSSR count). The minimum Gasteiger partial charge on any atom is -0.497 e. The number of hydrogen-bond donors (Lipinski definition) is 0. The number of rotatable bonds is 5. The molecule has 0 bridgehead atoms. The molecule has 4 aromatic rings. The zero-order valence-corrected chi connectivity index (χ0v) is 16.2. The molecule has 0 amide bonds. The molecule has 3 aromatic heterocycles. The van der Waals surface area contributed by atoms with E-state index in [9.17, 15) is 4.79 Å². The molecule has 28 heavy (non-hydrogen) atoms. The predicted octanol–water partition coefficient (Wildman–Crippen LogP) is 2.33.